The van der Waals surface area contributed by atoms with Crippen molar-refractivity contribution in [3.63, 3.8) is 0 Å². The lowest BCUT2D eigenvalue weighted by Crippen LogP contribution is -2.38. The molecule has 0 aromatic carbocycles. The molecule has 0 aliphatic carbocycles. The lowest BCUT2D eigenvalue weighted by atomic mass is 10.1. The van der Waals surface area contributed by atoms with E-state index < -0.39 is 0 Å². The van der Waals surface area contributed by atoms with Crippen molar-refractivity contribution >= 4 is 29.9 Å². The van der Waals surface area contributed by atoms with Gasteiger partial charge in [0.2, 0.25) is 0 Å². The summed E-state index contributed by atoms with van der Waals surface area (Å²) in [4.78, 5) is 8.77. The average molecular weight is 376 g/mol. The van der Waals surface area contributed by atoms with Gasteiger partial charge in [-0.15, -0.1) is 24.0 Å². The van der Waals surface area contributed by atoms with Crippen molar-refractivity contribution in [3.8, 4) is 0 Å². The number of nitrogens with zero attached hydrogens (tertiary/aromatic N) is 2. The van der Waals surface area contributed by atoms with Gasteiger partial charge in [0.1, 0.15) is 0 Å². The maximum absolute atomic E-state index is 4.51. The first-order chi connectivity index (χ1) is 8.72. The molecule has 0 aliphatic rings. The number of pyridine rings is 1. The van der Waals surface area contributed by atoms with Crippen LogP contribution in [0, 0.1) is 5.92 Å². The summed E-state index contributed by atoms with van der Waals surface area (Å²) in [6.07, 6.45) is 2.94. The van der Waals surface area contributed by atoms with Crippen LogP contribution in [0.15, 0.2) is 29.4 Å². The van der Waals surface area contributed by atoms with Gasteiger partial charge in [-0.25, -0.2) is 4.99 Å². The highest BCUT2D eigenvalue weighted by molar-refractivity contribution is 14.0. The third-order valence-corrected chi connectivity index (χ3v) is 2.48. The Bertz CT molecular complexity index is 352. The molecule has 0 aliphatic heterocycles. The van der Waals surface area contributed by atoms with E-state index in [1.165, 1.54) is 0 Å². The van der Waals surface area contributed by atoms with E-state index in [4.69, 9.17) is 0 Å². The van der Waals surface area contributed by atoms with Crippen molar-refractivity contribution in [2.45, 2.75) is 33.7 Å². The summed E-state index contributed by atoms with van der Waals surface area (Å²) < 4.78 is 0. The number of nitrogens with one attached hydrogen (secondary N) is 2. The first kappa shape index (κ1) is 18.1. The fourth-order valence-electron chi connectivity index (χ4n) is 1.47. The third kappa shape index (κ3) is 8.80. The van der Waals surface area contributed by atoms with Gasteiger partial charge in [0.05, 0.1) is 12.2 Å². The molecule has 1 aromatic rings. The van der Waals surface area contributed by atoms with Gasteiger partial charge in [-0.2, -0.15) is 0 Å². The van der Waals surface area contributed by atoms with E-state index in [0.717, 1.165) is 31.2 Å². The zero-order valence-corrected chi connectivity index (χ0v) is 14.3. The van der Waals surface area contributed by atoms with Crippen LogP contribution < -0.4 is 10.6 Å². The van der Waals surface area contributed by atoms with E-state index in [1.54, 1.807) is 6.20 Å². The van der Waals surface area contributed by atoms with Gasteiger partial charge < -0.3 is 10.6 Å². The fraction of sp³-hybridized carbons (Fsp3) is 0.571. The molecule has 0 amide bonds. The lowest BCUT2D eigenvalue weighted by molar-refractivity contribution is 0.573. The zero-order valence-electron chi connectivity index (χ0n) is 12.0. The summed E-state index contributed by atoms with van der Waals surface area (Å²) in [7, 11) is 0. The minimum absolute atomic E-state index is 0. The van der Waals surface area contributed by atoms with E-state index in [0.29, 0.717) is 12.5 Å². The van der Waals surface area contributed by atoms with Crippen molar-refractivity contribution in [3.05, 3.63) is 30.1 Å². The Morgan fingerprint density at radius 3 is 2.68 bits per heavy atom. The molecular weight excluding hydrogens is 351 g/mol. The Morgan fingerprint density at radius 1 is 1.32 bits per heavy atom. The maximum Gasteiger partial charge on any atom is 0.191 e. The van der Waals surface area contributed by atoms with Gasteiger partial charge in [0.15, 0.2) is 5.96 Å². The molecule has 4 nitrogen and oxygen atoms in total. The van der Waals surface area contributed by atoms with Crippen LogP contribution in [0.3, 0.4) is 0 Å². The summed E-state index contributed by atoms with van der Waals surface area (Å²) in [5, 5.41) is 6.57. The van der Waals surface area contributed by atoms with Crippen molar-refractivity contribution in [2.75, 3.05) is 13.1 Å². The number of aliphatic imine (C=N–C) groups is 1. The monoisotopic (exact) mass is 376 g/mol. The largest absolute Gasteiger partial charge is 0.357 e. The van der Waals surface area contributed by atoms with E-state index in [2.05, 4.69) is 41.4 Å². The van der Waals surface area contributed by atoms with Crippen molar-refractivity contribution in [2.24, 2.45) is 10.9 Å². The Labute approximate surface area is 133 Å². The molecule has 0 unspecified atom stereocenters. The quantitative estimate of drug-likeness (QED) is 0.456. The van der Waals surface area contributed by atoms with Crippen molar-refractivity contribution in [1.82, 2.24) is 15.6 Å². The number of rotatable bonds is 6. The molecular formula is C14H25IN4. The van der Waals surface area contributed by atoms with Gasteiger partial charge >= 0.3 is 0 Å². The minimum atomic E-state index is 0. The molecule has 5 heteroatoms. The predicted octanol–water partition coefficient (Wildman–Crippen LogP) is 2.80. The molecule has 1 rings (SSSR count). The number of hydrogen-bond donors (Lipinski definition) is 2. The standard InChI is InChI=1S/C14H24N4.HI/c1-4-15-14(17-10-8-12(2)3)18-11-13-7-5-6-9-16-13;/h5-7,9,12H,4,8,10-11H2,1-3H3,(H2,15,17,18);1H. The Kier molecular flexibility index (Phi) is 10.5. The van der Waals surface area contributed by atoms with Gasteiger partial charge in [-0.1, -0.05) is 19.9 Å². The highest BCUT2D eigenvalue weighted by Crippen LogP contribution is 1.97. The van der Waals surface area contributed by atoms with Gasteiger partial charge in [0, 0.05) is 19.3 Å². The van der Waals surface area contributed by atoms with Crippen LogP contribution in [0.1, 0.15) is 32.9 Å². The average Bonchev–Trinajstić information content (AvgIpc) is 2.37. The summed E-state index contributed by atoms with van der Waals surface area (Å²) >= 11 is 0. The third-order valence-electron chi connectivity index (χ3n) is 2.48. The highest BCUT2D eigenvalue weighted by atomic mass is 127. The Morgan fingerprint density at radius 2 is 2.11 bits per heavy atom. The molecule has 0 spiro atoms. The molecule has 108 valence electrons. The normalized spacial score (nSPS) is 11.1. The fourth-order valence-corrected chi connectivity index (χ4v) is 1.47. The molecule has 0 saturated heterocycles. The molecule has 0 bridgehead atoms. The summed E-state index contributed by atoms with van der Waals surface area (Å²) in [6.45, 7) is 8.94. The Hall–Kier alpha value is -0.850. The SMILES string of the molecule is CCNC(=NCc1ccccn1)NCCC(C)C.I. The van der Waals surface area contributed by atoms with Crippen LogP contribution in [0.25, 0.3) is 0 Å². The molecule has 19 heavy (non-hydrogen) atoms. The molecule has 0 atom stereocenters. The molecule has 0 fully saturated rings. The lowest BCUT2D eigenvalue weighted by Gasteiger charge is -2.12. The minimum Gasteiger partial charge on any atom is -0.357 e. The smallest absolute Gasteiger partial charge is 0.191 e. The van der Waals surface area contributed by atoms with Crippen LogP contribution >= 0.6 is 24.0 Å². The number of guanidine groups is 1. The molecule has 0 radical (unpaired) electrons. The van der Waals surface area contributed by atoms with Gasteiger partial charge in [-0.3, -0.25) is 4.98 Å². The van der Waals surface area contributed by atoms with Gasteiger partial charge in [0.25, 0.3) is 0 Å². The first-order valence-corrected chi connectivity index (χ1v) is 6.64. The highest BCUT2D eigenvalue weighted by Gasteiger charge is 1.98. The van der Waals surface area contributed by atoms with E-state index >= 15 is 0 Å². The number of aromatic nitrogens is 1. The second-order valence-corrected chi connectivity index (χ2v) is 4.63. The van der Waals surface area contributed by atoms with Crippen molar-refractivity contribution < 1.29 is 0 Å². The topological polar surface area (TPSA) is 49.3 Å². The predicted molar refractivity (Wildman–Crippen MR) is 91.9 cm³/mol. The molecule has 0 saturated carbocycles. The zero-order chi connectivity index (χ0) is 13.2. The number of halogens is 1. The second kappa shape index (κ2) is 11.0. The molecule has 1 aromatic heterocycles. The second-order valence-electron chi connectivity index (χ2n) is 4.63. The summed E-state index contributed by atoms with van der Waals surface area (Å²) in [6, 6.07) is 5.89. The first-order valence-electron chi connectivity index (χ1n) is 6.64. The molecule has 1 heterocycles. The van der Waals surface area contributed by atoms with Crippen molar-refractivity contribution in [1.29, 1.82) is 0 Å². The van der Waals surface area contributed by atoms with Crippen LogP contribution in [-0.2, 0) is 6.54 Å². The van der Waals surface area contributed by atoms with Crippen LogP contribution in [0.2, 0.25) is 0 Å². The van der Waals surface area contributed by atoms with Crippen LogP contribution in [-0.4, -0.2) is 24.0 Å². The van der Waals surface area contributed by atoms with E-state index in [9.17, 15) is 0 Å². The molecule has 2 N–H and O–H groups in total. The maximum atomic E-state index is 4.51. The van der Waals surface area contributed by atoms with Crippen LogP contribution in [0.4, 0.5) is 0 Å². The van der Waals surface area contributed by atoms with Crippen LogP contribution in [0.5, 0.6) is 0 Å². The van der Waals surface area contributed by atoms with E-state index in [-0.39, 0.29) is 24.0 Å². The van der Waals surface area contributed by atoms with Gasteiger partial charge in [-0.05, 0) is 31.4 Å². The number of hydrogen-bond acceptors (Lipinski definition) is 2. The van der Waals surface area contributed by atoms with E-state index in [1.807, 2.05) is 18.2 Å². The summed E-state index contributed by atoms with van der Waals surface area (Å²) in [5.74, 6) is 1.57. The summed E-state index contributed by atoms with van der Waals surface area (Å²) in [5.41, 5.74) is 0.985. The Balaban J connectivity index is 0.00000324.